The van der Waals surface area contributed by atoms with Crippen LogP contribution in [0.3, 0.4) is 0 Å². The summed E-state index contributed by atoms with van der Waals surface area (Å²) in [6.07, 6.45) is 16.1. The van der Waals surface area contributed by atoms with Gasteiger partial charge < -0.3 is 9.84 Å². The van der Waals surface area contributed by atoms with Crippen molar-refractivity contribution in [2.24, 2.45) is 17.8 Å². The SMILES string of the molecule is Cc1c(C)c2c(c(C)c1O)C=C[C@@](C)(CCCC(C)CCCC(C)CCCC(C)C)O2. The van der Waals surface area contributed by atoms with E-state index in [0.717, 1.165) is 52.2 Å². The summed E-state index contributed by atoms with van der Waals surface area (Å²) in [6.45, 7) is 17.7. The molecule has 3 atom stereocenters. The molecular weight excluding hydrogens is 380 g/mol. The molecule has 1 aliphatic rings. The van der Waals surface area contributed by atoms with E-state index in [1.165, 1.54) is 51.4 Å². The van der Waals surface area contributed by atoms with Crippen molar-refractivity contribution in [2.75, 3.05) is 0 Å². The quantitative estimate of drug-likeness (QED) is 0.360. The van der Waals surface area contributed by atoms with Gasteiger partial charge in [0.15, 0.2) is 0 Å². The lowest BCUT2D eigenvalue weighted by atomic mass is 9.88. The second kappa shape index (κ2) is 11.4. The number of aromatic hydroxyl groups is 1. The molecule has 176 valence electrons. The Morgan fingerprint density at radius 1 is 0.806 bits per heavy atom. The fourth-order valence-corrected chi connectivity index (χ4v) is 4.90. The summed E-state index contributed by atoms with van der Waals surface area (Å²) in [6, 6.07) is 0. The van der Waals surface area contributed by atoms with Crippen LogP contribution in [0.15, 0.2) is 6.08 Å². The van der Waals surface area contributed by atoms with Crippen LogP contribution in [0.25, 0.3) is 6.08 Å². The molecular formula is C29H48O2. The first kappa shape index (κ1) is 25.8. The predicted molar refractivity (Wildman–Crippen MR) is 135 cm³/mol. The van der Waals surface area contributed by atoms with Gasteiger partial charge in [0.1, 0.15) is 17.1 Å². The molecule has 0 saturated carbocycles. The number of ether oxygens (including phenoxy) is 1. The first-order chi connectivity index (χ1) is 14.5. The number of phenols is 1. The smallest absolute Gasteiger partial charge is 0.131 e. The third-order valence-electron chi connectivity index (χ3n) is 7.44. The Kier molecular flexibility index (Phi) is 9.52. The number of hydrogen-bond acceptors (Lipinski definition) is 2. The van der Waals surface area contributed by atoms with Gasteiger partial charge in [-0.1, -0.05) is 78.7 Å². The van der Waals surface area contributed by atoms with Crippen molar-refractivity contribution < 1.29 is 9.84 Å². The fourth-order valence-electron chi connectivity index (χ4n) is 4.90. The van der Waals surface area contributed by atoms with Crippen molar-refractivity contribution in [1.82, 2.24) is 0 Å². The molecule has 0 fully saturated rings. The minimum absolute atomic E-state index is 0.252. The normalized spacial score (nSPS) is 19.9. The van der Waals surface area contributed by atoms with Gasteiger partial charge in [-0.05, 0) is 75.5 Å². The lowest BCUT2D eigenvalue weighted by Gasteiger charge is -2.34. The minimum Gasteiger partial charge on any atom is -0.507 e. The summed E-state index contributed by atoms with van der Waals surface area (Å²) >= 11 is 0. The summed E-state index contributed by atoms with van der Waals surface area (Å²) in [7, 11) is 0. The Morgan fingerprint density at radius 2 is 1.35 bits per heavy atom. The summed E-state index contributed by atoms with van der Waals surface area (Å²) < 4.78 is 6.52. The number of rotatable bonds is 12. The average Bonchev–Trinajstić information content (AvgIpc) is 2.70. The number of benzene rings is 1. The summed E-state index contributed by atoms with van der Waals surface area (Å²) in [5.41, 5.74) is 3.70. The van der Waals surface area contributed by atoms with Gasteiger partial charge in [0.05, 0.1) is 0 Å². The lowest BCUT2D eigenvalue weighted by Crippen LogP contribution is -2.32. The third kappa shape index (κ3) is 7.29. The zero-order valence-electron chi connectivity index (χ0n) is 21.6. The maximum atomic E-state index is 10.4. The van der Waals surface area contributed by atoms with Gasteiger partial charge in [-0.15, -0.1) is 0 Å². The zero-order valence-corrected chi connectivity index (χ0v) is 21.6. The Balaban J connectivity index is 1.76. The highest BCUT2D eigenvalue weighted by molar-refractivity contribution is 5.71. The molecule has 1 aliphatic heterocycles. The van der Waals surface area contributed by atoms with Crippen LogP contribution in [0.2, 0.25) is 0 Å². The number of fused-ring (bicyclic) bond motifs is 1. The van der Waals surface area contributed by atoms with E-state index in [0.29, 0.717) is 5.75 Å². The van der Waals surface area contributed by atoms with E-state index < -0.39 is 0 Å². The highest BCUT2D eigenvalue weighted by Crippen LogP contribution is 2.43. The summed E-state index contributed by atoms with van der Waals surface area (Å²) in [5.74, 6) is 3.86. The molecule has 0 aliphatic carbocycles. The average molecular weight is 429 g/mol. The molecule has 0 spiro atoms. The second-order valence-electron chi connectivity index (χ2n) is 11.1. The van der Waals surface area contributed by atoms with Gasteiger partial charge in [-0.25, -0.2) is 0 Å². The molecule has 1 aromatic rings. The van der Waals surface area contributed by atoms with E-state index >= 15 is 0 Å². The topological polar surface area (TPSA) is 29.5 Å². The minimum atomic E-state index is -0.252. The maximum Gasteiger partial charge on any atom is 0.131 e. The Bertz CT molecular complexity index is 746. The first-order valence-electron chi connectivity index (χ1n) is 12.7. The van der Waals surface area contributed by atoms with E-state index in [1.54, 1.807) is 0 Å². The Hall–Kier alpha value is -1.44. The van der Waals surface area contributed by atoms with E-state index in [2.05, 4.69) is 53.7 Å². The molecule has 1 aromatic carbocycles. The monoisotopic (exact) mass is 428 g/mol. The first-order valence-corrected chi connectivity index (χ1v) is 12.7. The molecule has 0 saturated heterocycles. The molecule has 31 heavy (non-hydrogen) atoms. The van der Waals surface area contributed by atoms with E-state index in [9.17, 15) is 5.11 Å². The van der Waals surface area contributed by atoms with Crippen LogP contribution >= 0.6 is 0 Å². The third-order valence-corrected chi connectivity index (χ3v) is 7.44. The van der Waals surface area contributed by atoms with Gasteiger partial charge in [-0.3, -0.25) is 0 Å². The van der Waals surface area contributed by atoms with Crippen molar-refractivity contribution in [3.63, 3.8) is 0 Å². The zero-order chi connectivity index (χ0) is 23.2. The molecule has 0 amide bonds. The lowest BCUT2D eigenvalue weighted by molar-refractivity contribution is 0.121. The van der Waals surface area contributed by atoms with Gasteiger partial charge in [0.2, 0.25) is 0 Å². The molecule has 2 nitrogen and oxygen atoms in total. The van der Waals surface area contributed by atoms with Crippen LogP contribution in [0.5, 0.6) is 11.5 Å². The van der Waals surface area contributed by atoms with Crippen LogP contribution in [-0.4, -0.2) is 10.7 Å². The highest BCUT2D eigenvalue weighted by Gasteiger charge is 2.30. The fraction of sp³-hybridized carbons (Fsp3) is 0.724. The van der Waals surface area contributed by atoms with E-state index in [-0.39, 0.29) is 5.60 Å². The Labute approximate surface area is 192 Å². The molecule has 1 heterocycles. The molecule has 0 aromatic heterocycles. The van der Waals surface area contributed by atoms with E-state index in [4.69, 9.17) is 4.74 Å². The van der Waals surface area contributed by atoms with Crippen molar-refractivity contribution in [1.29, 1.82) is 0 Å². The van der Waals surface area contributed by atoms with Crippen LogP contribution in [0, 0.1) is 38.5 Å². The predicted octanol–water partition coefficient (Wildman–Crippen LogP) is 8.92. The van der Waals surface area contributed by atoms with E-state index in [1.807, 2.05) is 13.8 Å². The molecule has 2 unspecified atom stereocenters. The molecule has 0 bridgehead atoms. The molecule has 1 N–H and O–H groups in total. The van der Waals surface area contributed by atoms with Crippen LogP contribution in [0.1, 0.15) is 115 Å². The molecule has 2 heteroatoms. The van der Waals surface area contributed by atoms with Crippen LogP contribution < -0.4 is 4.74 Å². The van der Waals surface area contributed by atoms with Crippen molar-refractivity contribution in [3.8, 4) is 11.5 Å². The van der Waals surface area contributed by atoms with Crippen molar-refractivity contribution >= 4 is 6.08 Å². The Morgan fingerprint density at radius 3 is 1.94 bits per heavy atom. The second-order valence-corrected chi connectivity index (χ2v) is 11.1. The van der Waals surface area contributed by atoms with Crippen LogP contribution in [-0.2, 0) is 0 Å². The van der Waals surface area contributed by atoms with Gasteiger partial charge in [0.25, 0.3) is 0 Å². The standard InChI is InChI=1S/C29H48O2/c1-20(2)12-9-13-21(3)14-10-15-22(4)16-11-18-29(8)19-17-26-25(7)27(30)23(5)24(6)28(26)31-29/h17,19-22,30H,9-16,18H2,1-8H3/t21?,22?,29-/m1/s1. The number of hydrogen-bond donors (Lipinski definition) is 1. The summed E-state index contributed by atoms with van der Waals surface area (Å²) in [5, 5.41) is 10.4. The largest absolute Gasteiger partial charge is 0.507 e. The molecule has 0 radical (unpaired) electrons. The van der Waals surface area contributed by atoms with Crippen molar-refractivity contribution in [3.05, 3.63) is 28.3 Å². The molecule has 2 rings (SSSR count). The highest BCUT2D eigenvalue weighted by atomic mass is 16.5. The van der Waals surface area contributed by atoms with Gasteiger partial charge >= 0.3 is 0 Å². The van der Waals surface area contributed by atoms with Crippen LogP contribution in [0.4, 0.5) is 0 Å². The van der Waals surface area contributed by atoms with Gasteiger partial charge in [0, 0.05) is 11.1 Å². The van der Waals surface area contributed by atoms with Crippen molar-refractivity contribution in [2.45, 2.75) is 119 Å². The number of phenolic OH excluding ortho intramolecular Hbond substituents is 1. The maximum absolute atomic E-state index is 10.4. The van der Waals surface area contributed by atoms with Gasteiger partial charge in [-0.2, -0.15) is 0 Å². The summed E-state index contributed by atoms with van der Waals surface area (Å²) in [4.78, 5) is 0.